The lowest BCUT2D eigenvalue weighted by Crippen LogP contribution is -2.46. The van der Waals surface area contributed by atoms with Gasteiger partial charge >= 0.3 is 0 Å². The molecule has 1 aliphatic rings. The number of hydrogen-bond donors (Lipinski definition) is 1. The molecule has 13 heavy (non-hydrogen) atoms. The lowest BCUT2D eigenvalue weighted by molar-refractivity contribution is 0.222. The highest BCUT2D eigenvalue weighted by Crippen LogP contribution is 2.30. The second-order valence-electron chi connectivity index (χ2n) is 4.89. The monoisotopic (exact) mass is 184 g/mol. The van der Waals surface area contributed by atoms with Gasteiger partial charge in [0.05, 0.1) is 0 Å². The topological polar surface area (TPSA) is 15.3 Å². The van der Waals surface area contributed by atoms with Crippen LogP contribution in [0.1, 0.15) is 33.1 Å². The summed E-state index contributed by atoms with van der Waals surface area (Å²) in [6, 6.07) is 0. The fourth-order valence-electron chi connectivity index (χ4n) is 2.25. The van der Waals surface area contributed by atoms with Gasteiger partial charge in [-0.05, 0) is 52.4 Å². The Balaban J connectivity index is 2.47. The first kappa shape index (κ1) is 11.0. The maximum Gasteiger partial charge on any atom is 0.0217 e. The van der Waals surface area contributed by atoms with Crippen LogP contribution in [0.4, 0.5) is 0 Å². The largest absolute Gasteiger partial charge is 0.311 e. The Bertz CT molecular complexity index is 146. The highest BCUT2D eigenvalue weighted by molar-refractivity contribution is 4.95. The van der Waals surface area contributed by atoms with Gasteiger partial charge in [-0.2, -0.15) is 0 Å². The average molecular weight is 184 g/mol. The lowest BCUT2D eigenvalue weighted by atomic mass is 9.82. The van der Waals surface area contributed by atoms with Crippen LogP contribution in [-0.4, -0.2) is 37.6 Å². The molecule has 0 radical (unpaired) electrons. The third-order valence-electron chi connectivity index (χ3n) is 3.39. The maximum atomic E-state index is 3.70. The molecule has 0 aromatic carbocycles. The van der Waals surface area contributed by atoms with Crippen LogP contribution < -0.4 is 5.32 Å². The second-order valence-corrected chi connectivity index (χ2v) is 4.89. The zero-order chi connectivity index (χ0) is 9.90. The summed E-state index contributed by atoms with van der Waals surface area (Å²) in [5.41, 5.74) is 0.435. The molecule has 0 bridgehead atoms. The predicted octanol–water partition coefficient (Wildman–Crippen LogP) is 1.72. The van der Waals surface area contributed by atoms with E-state index in [1.165, 1.54) is 32.4 Å². The van der Waals surface area contributed by atoms with Gasteiger partial charge in [0.15, 0.2) is 0 Å². The number of hydrogen-bond acceptors (Lipinski definition) is 2. The summed E-state index contributed by atoms with van der Waals surface area (Å²) in [6.07, 6.45) is 4.00. The average Bonchev–Trinajstić information content (AvgIpc) is 2.50. The SMILES string of the molecule is CC(C)C1(CCN(C)C)CCCN1. The van der Waals surface area contributed by atoms with E-state index in [9.17, 15) is 0 Å². The molecule has 0 spiro atoms. The molecule has 1 atom stereocenters. The number of rotatable bonds is 4. The van der Waals surface area contributed by atoms with Crippen molar-refractivity contribution in [2.75, 3.05) is 27.2 Å². The van der Waals surface area contributed by atoms with Crippen LogP contribution in [0.3, 0.4) is 0 Å². The highest BCUT2D eigenvalue weighted by atomic mass is 15.1. The zero-order valence-electron chi connectivity index (χ0n) is 9.56. The van der Waals surface area contributed by atoms with Gasteiger partial charge in [-0.25, -0.2) is 0 Å². The van der Waals surface area contributed by atoms with Crippen molar-refractivity contribution in [1.82, 2.24) is 10.2 Å². The first-order valence-corrected chi connectivity index (χ1v) is 5.46. The molecule has 2 heteroatoms. The normalized spacial score (nSPS) is 29.1. The molecule has 1 fully saturated rings. The molecule has 2 nitrogen and oxygen atoms in total. The van der Waals surface area contributed by atoms with Crippen molar-refractivity contribution in [2.45, 2.75) is 38.6 Å². The molecule has 1 aliphatic heterocycles. The van der Waals surface area contributed by atoms with E-state index in [0.717, 1.165) is 5.92 Å². The summed E-state index contributed by atoms with van der Waals surface area (Å²) in [7, 11) is 4.31. The Hall–Kier alpha value is -0.0800. The van der Waals surface area contributed by atoms with Crippen molar-refractivity contribution < 1.29 is 0 Å². The molecule has 1 unspecified atom stereocenters. The van der Waals surface area contributed by atoms with E-state index in [0.29, 0.717) is 5.54 Å². The van der Waals surface area contributed by atoms with Crippen molar-refractivity contribution in [1.29, 1.82) is 0 Å². The number of nitrogens with zero attached hydrogens (tertiary/aromatic N) is 1. The first-order valence-electron chi connectivity index (χ1n) is 5.46. The molecular weight excluding hydrogens is 160 g/mol. The Kier molecular flexibility index (Phi) is 3.74. The van der Waals surface area contributed by atoms with Crippen LogP contribution in [-0.2, 0) is 0 Å². The van der Waals surface area contributed by atoms with Gasteiger partial charge in [-0.15, -0.1) is 0 Å². The van der Waals surface area contributed by atoms with E-state index in [4.69, 9.17) is 0 Å². The lowest BCUT2D eigenvalue weighted by Gasteiger charge is -2.35. The van der Waals surface area contributed by atoms with Crippen LogP contribution in [0.25, 0.3) is 0 Å². The Morgan fingerprint density at radius 3 is 2.46 bits per heavy atom. The van der Waals surface area contributed by atoms with E-state index in [2.05, 4.69) is 38.2 Å². The third kappa shape index (κ3) is 2.68. The molecule has 1 heterocycles. The van der Waals surface area contributed by atoms with Crippen molar-refractivity contribution in [3.05, 3.63) is 0 Å². The van der Waals surface area contributed by atoms with E-state index >= 15 is 0 Å². The second kappa shape index (κ2) is 4.43. The van der Waals surface area contributed by atoms with E-state index < -0.39 is 0 Å². The van der Waals surface area contributed by atoms with Crippen molar-refractivity contribution in [3.8, 4) is 0 Å². The maximum absolute atomic E-state index is 3.70. The van der Waals surface area contributed by atoms with Crippen molar-refractivity contribution in [3.63, 3.8) is 0 Å². The molecule has 1 saturated heterocycles. The van der Waals surface area contributed by atoms with Crippen molar-refractivity contribution >= 4 is 0 Å². The number of nitrogens with one attached hydrogen (secondary N) is 1. The summed E-state index contributed by atoms with van der Waals surface area (Å²) < 4.78 is 0. The molecule has 0 saturated carbocycles. The fourth-order valence-corrected chi connectivity index (χ4v) is 2.25. The summed E-state index contributed by atoms with van der Waals surface area (Å²) in [6.45, 7) is 7.10. The van der Waals surface area contributed by atoms with Crippen LogP contribution >= 0.6 is 0 Å². The van der Waals surface area contributed by atoms with Gasteiger partial charge in [-0.3, -0.25) is 0 Å². The summed E-state index contributed by atoms with van der Waals surface area (Å²) in [5, 5.41) is 3.70. The Labute approximate surface area is 82.7 Å². The summed E-state index contributed by atoms with van der Waals surface area (Å²) in [5.74, 6) is 0.759. The van der Waals surface area contributed by atoms with Gasteiger partial charge in [0, 0.05) is 5.54 Å². The van der Waals surface area contributed by atoms with E-state index in [-0.39, 0.29) is 0 Å². The smallest absolute Gasteiger partial charge is 0.0217 e. The van der Waals surface area contributed by atoms with Gasteiger partial charge in [0.1, 0.15) is 0 Å². The third-order valence-corrected chi connectivity index (χ3v) is 3.39. The van der Waals surface area contributed by atoms with Crippen LogP contribution in [0.5, 0.6) is 0 Å². The zero-order valence-corrected chi connectivity index (χ0v) is 9.56. The van der Waals surface area contributed by atoms with Gasteiger partial charge < -0.3 is 10.2 Å². The van der Waals surface area contributed by atoms with Crippen molar-refractivity contribution in [2.24, 2.45) is 5.92 Å². The molecule has 0 aliphatic carbocycles. The van der Waals surface area contributed by atoms with Gasteiger partial charge in [-0.1, -0.05) is 13.8 Å². The standard InChI is InChI=1S/C11H24N2/c1-10(2)11(6-5-8-12-11)7-9-13(3)4/h10,12H,5-9H2,1-4H3. The van der Waals surface area contributed by atoms with E-state index in [1.807, 2.05) is 0 Å². The molecule has 1 rings (SSSR count). The highest BCUT2D eigenvalue weighted by Gasteiger charge is 2.35. The van der Waals surface area contributed by atoms with Crippen LogP contribution in [0.2, 0.25) is 0 Å². The van der Waals surface area contributed by atoms with Crippen LogP contribution in [0.15, 0.2) is 0 Å². The van der Waals surface area contributed by atoms with E-state index in [1.54, 1.807) is 0 Å². The Morgan fingerprint density at radius 2 is 2.08 bits per heavy atom. The quantitative estimate of drug-likeness (QED) is 0.715. The minimum absolute atomic E-state index is 0.435. The molecular formula is C11H24N2. The van der Waals surface area contributed by atoms with Gasteiger partial charge in [0.25, 0.3) is 0 Å². The Morgan fingerprint density at radius 1 is 1.38 bits per heavy atom. The molecule has 1 N–H and O–H groups in total. The minimum atomic E-state index is 0.435. The molecule has 0 amide bonds. The molecule has 0 aromatic heterocycles. The molecule has 0 aromatic rings. The molecule has 78 valence electrons. The summed E-state index contributed by atoms with van der Waals surface area (Å²) in [4.78, 5) is 2.28. The minimum Gasteiger partial charge on any atom is -0.311 e. The fraction of sp³-hybridized carbons (Fsp3) is 1.00. The first-order chi connectivity index (χ1) is 6.07. The summed E-state index contributed by atoms with van der Waals surface area (Å²) >= 11 is 0. The van der Waals surface area contributed by atoms with Gasteiger partial charge in [0.2, 0.25) is 0 Å². The van der Waals surface area contributed by atoms with Crippen LogP contribution in [0, 0.1) is 5.92 Å². The predicted molar refractivity (Wildman–Crippen MR) is 58.0 cm³/mol.